The van der Waals surface area contributed by atoms with Gasteiger partial charge in [0.15, 0.2) is 17.5 Å². The Morgan fingerprint density at radius 2 is 0.757 bits per heavy atom. The average Bonchev–Trinajstić information content (AvgIpc) is 4.02. The van der Waals surface area contributed by atoms with Crippen molar-refractivity contribution in [1.29, 1.82) is 0 Å². The van der Waals surface area contributed by atoms with Crippen LogP contribution >= 0.6 is 0 Å². The minimum Gasteiger partial charge on any atom is -0.455 e. The molecule has 6 heteroatoms. The molecule has 0 atom stereocenters. The first-order valence-electron chi connectivity index (χ1n) is 23.4. The summed E-state index contributed by atoms with van der Waals surface area (Å²) < 4.78 is 13.7. The molecule has 0 N–H and O–H groups in total. The molecule has 0 fully saturated rings. The van der Waals surface area contributed by atoms with Crippen molar-refractivity contribution >= 4 is 65.6 Å². The highest BCUT2D eigenvalue weighted by molar-refractivity contribution is 6.25. The first kappa shape index (κ1) is 39.6. The molecule has 0 radical (unpaired) electrons. The van der Waals surface area contributed by atoms with Crippen molar-refractivity contribution in [3.05, 3.63) is 231 Å². The molecule has 0 aliphatic rings. The van der Waals surface area contributed by atoms with E-state index in [9.17, 15) is 0 Å². The second-order valence-corrected chi connectivity index (χ2v) is 17.7. The van der Waals surface area contributed by atoms with Crippen LogP contribution in [0.5, 0.6) is 0 Å². The Morgan fingerprint density at radius 3 is 1.44 bits per heavy atom. The van der Waals surface area contributed by atoms with Crippen molar-refractivity contribution in [2.75, 3.05) is 0 Å². The molecular formula is C64H38N4O2. The summed E-state index contributed by atoms with van der Waals surface area (Å²) in [6.07, 6.45) is 0. The van der Waals surface area contributed by atoms with Crippen LogP contribution in [0.2, 0.25) is 0 Å². The zero-order valence-electron chi connectivity index (χ0n) is 37.5. The van der Waals surface area contributed by atoms with Crippen molar-refractivity contribution in [2.45, 2.75) is 0 Å². The predicted octanol–water partition coefficient (Wildman–Crippen LogP) is 17.0. The van der Waals surface area contributed by atoms with Gasteiger partial charge in [-0.15, -0.1) is 0 Å². The summed E-state index contributed by atoms with van der Waals surface area (Å²) in [6, 6.07) is 79.7. The number of furan rings is 2. The fraction of sp³-hybridized carbons (Fsp3) is 0. The van der Waals surface area contributed by atoms with Crippen LogP contribution in [0.3, 0.4) is 0 Å². The Hall–Kier alpha value is -9.52. The standard InChI is InChI=1S/C64H38N4O2/c1-4-15-41(16-5-1)58-53-35-34-51-54-38-44(33-36-56(54)69-61(51)57(53)52-23-10-11-28-55(52)65-58)39-29-31-40(32-30-39)47-24-13-26-49-50-27-14-25-48(60(50)70-59(47)49)45-21-12-22-46(37-45)64-67-62(42-17-6-2-7-18-42)66-63(68-64)43-19-8-3-9-20-43/h1-38H. The number of hydrogen-bond donors (Lipinski definition) is 0. The predicted molar refractivity (Wildman–Crippen MR) is 285 cm³/mol. The molecule has 14 rings (SSSR count). The topological polar surface area (TPSA) is 77.8 Å². The van der Waals surface area contributed by atoms with Crippen molar-refractivity contribution in [3.63, 3.8) is 0 Å². The Bertz CT molecular complexity index is 4280. The first-order valence-corrected chi connectivity index (χ1v) is 23.4. The summed E-state index contributed by atoms with van der Waals surface area (Å²) in [6.45, 7) is 0. The van der Waals surface area contributed by atoms with Crippen molar-refractivity contribution in [2.24, 2.45) is 0 Å². The second kappa shape index (κ2) is 16.1. The van der Waals surface area contributed by atoms with Gasteiger partial charge in [0.25, 0.3) is 0 Å². The highest BCUT2D eigenvalue weighted by Crippen LogP contribution is 2.43. The van der Waals surface area contributed by atoms with Crippen LogP contribution in [0.4, 0.5) is 0 Å². The van der Waals surface area contributed by atoms with E-state index in [4.69, 9.17) is 28.8 Å². The molecule has 4 heterocycles. The molecule has 14 aromatic rings. The van der Waals surface area contributed by atoms with E-state index >= 15 is 0 Å². The van der Waals surface area contributed by atoms with Crippen molar-refractivity contribution < 1.29 is 8.83 Å². The van der Waals surface area contributed by atoms with Gasteiger partial charge in [-0.25, -0.2) is 19.9 Å². The fourth-order valence-corrected chi connectivity index (χ4v) is 10.1. The third-order valence-corrected chi connectivity index (χ3v) is 13.5. The van der Waals surface area contributed by atoms with Gasteiger partial charge in [-0.3, -0.25) is 0 Å². The minimum absolute atomic E-state index is 0.604. The lowest BCUT2D eigenvalue weighted by atomic mass is 9.96. The molecule has 0 aliphatic heterocycles. The molecule has 6 nitrogen and oxygen atoms in total. The van der Waals surface area contributed by atoms with E-state index in [-0.39, 0.29) is 0 Å². The van der Waals surface area contributed by atoms with Crippen LogP contribution in [0.25, 0.3) is 144 Å². The summed E-state index contributed by atoms with van der Waals surface area (Å²) in [5.41, 5.74) is 15.5. The third-order valence-electron chi connectivity index (χ3n) is 13.5. The van der Waals surface area contributed by atoms with Gasteiger partial charge in [-0.1, -0.05) is 200 Å². The molecule has 0 unspecified atom stereocenters. The van der Waals surface area contributed by atoms with Gasteiger partial charge in [-0.05, 0) is 52.6 Å². The van der Waals surface area contributed by atoms with Crippen LogP contribution in [0.15, 0.2) is 239 Å². The van der Waals surface area contributed by atoms with Gasteiger partial charge < -0.3 is 8.83 Å². The largest absolute Gasteiger partial charge is 0.455 e. The first-order chi connectivity index (χ1) is 34.7. The number of aromatic nitrogens is 4. The normalized spacial score (nSPS) is 11.7. The Kier molecular flexibility index (Phi) is 9.10. The van der Waals surface area contributed by atoms with E-state index in [1.165, 1.54) is 0 Å². The summed E-state index contributed by atoms with van der Waals surface area (Å²) >= 11 is 0. The highest BCUT2D eigenvalue weighted by atomic mass is 16.3. The smallest absolute Gasteiger partial charge is 0.164 e. The Balaban J connectivity index is 0.823. The zero-order chi connectivity index (χ0) is 46.1. The zero-order valence-corrected chi connectivity index (χ0v) is 37.5. The number of para-hydroxylation sites is 3. The van der Waals surface area contributed by atoms with E-state index in [2.05, 4.69) is 158 Å². The molecule has 0 spiro atoms. The monoisotopic (exact) mass is 894 g/mol. The maximum absolute atomic E-state index is 6.95. The van der Waals surface area contributed by atoms with Crippen LogP contribution in [0, 0.1) is 0 Å². The van der Waals surface area contributed by atoms with E-state index in [0.717, 1.165) is 127 Å². The maximum atomic E-state index is 6.95. The van der Waals surface area contributed by atoms with Crippen LogP contribution < -0.4 is 0 Å². The molecule has 10 aromatic carbocycles. The number of hydrogen-bond acceptors (Lipinski definition) is 6. The number of nitrogens with zero attached hydrogens (tertiary/aromatic N) is 4. The number of rotatable bonds is 7. The average molecular weight is 895 g/mol. The Labute approximate surface area is 401 Å². The van der Waals surface area contributed by atoms with Gasteiger partial charge in [0, 0.05) is 71.1 Å². The minimum atomic E-state index is 0.604. The van der Waals surface area contributed by atoms with Crippen LogP contribution in [0.1, 0.15) is 0 Å². The van der Waals surface area contributed by atoms with Gasteiger partial charge in [0.2, 0.25) is 0 Å². The molecule has 326 valence electrons. The second-order valence-electron chi connectivity index (χ2n) is 17.7. The lowest BCUT2D eigenvalue weighted by molar-refractivity contribution is 0.671. The van der Waals surface area contributed by atoms with E-state index in [1.54, 1.807) is 0 Å². The third kappa shape index (κ3) is 6.57. The lowest BCUT2D eigenvalue weighted by Gasteiger charge is -2.10. The molecule has 0 aliphatic carbocycles. The van der Waals surface area contributed by atoms with Gasteiger partial charge in [-0.2, -0.15) is 0 Å². The Morgan fingerprint density at radius 1 is 0.257 bits per heavy atom. The summed E-state index contributed by atoms with van der Waals surface area (Å²) in [5, 5.41) is 7.52. The van der Waals surface area contributed by atoms with Gasteiger partial charge in [0.1, 0.15) is 22.3 Å². The molecule has 4 aromatic heterocycles. The highest BCUT2D eigenvalue weighted by Gasteiger charge is 2.20. The van der Waals surface area contributed by atoms with E-state index in [0.29, 0.717) is 17.5 Å². The maximum Gasteiger partial charge on any atom is 0.164 e. The van der Waals surface area contributed by atoms with Crippen LogP contribution in [-0.4, -0.2) is 19.9 Å². The molecular weight excluding hydrogens is 857 g/mol. The number of pyridine rings is 1. The molecule has 0 saturated heterocycles. The molecule has 70 heavy (non-hydrogen) atoms. The summed E-state index contributed by atoms with van der Waals surface area (Å²) in [4.78, 5) is 20.0. The summed E-state index contributed by atoms with van der Waals surface area (Å²) in [7, 11) is 0. The lowest BCUT2D eigenvalue weighted by Crippen LogP contribution is -2.00. The van der Waals surface area contributed by atoms with Gasteiger partial charge in [0.05, 0.1) is 11.2 Å². The fourth-order valence-electron chi connectivity index (χ4n) is 10.1. The van der Waals surface area contributed by atoms with E-state index < -0.39 is 0 Å². The molecule has 0 saturated carbocycles. The van der Waals surface area contributed by atoms with Crippen molar-refractivity contribution in [3.8, 4) is 78.8 Å². The van der Waals surface area contributed by atoms with Crippen molar-refractivity contribution in [1.82, 2.24) is 19.9 Å². The number of fused-ring (bicyclic) bond motifs is 10. The molecule has 0 amide bonds. The number of benzene rings is 10. The summed E-state index contributed by atoms with van der Waals surface area (Å²) in [5.74, 6) is 1.86. The van der Waals surface area contributed by atoms with E-state index in [1.807, 2.05) is 72.8 Å². The quantitative estimate of drug-likeness (QED) is 0.148. The van der Waals surface area contributed by atoms with Gasteiger partial charge >= 0.3 is 0 Å². The molecule has 0 bridgehead atoms. The SMILES string of the molecule is c1ccc(-c2nc(-c3ccccc3)nc(-c3cccc(-c4cccc5c4oc4c(-c6ccc(-c7ccc8oc9c(ccc%10c(-c%11ccccc%11)nc%11ccccc%11c%109)c8c7)cc6)cccc45)c3)n2)cc1. The van der Waals surface area contributed by atoms with Crippen LogP contribution in [-0.2, 0) is 0 Å².